The highest BCUT2D eigenvalue weighted by atomic mass is 19.1. The molecule has 5 nitrogen and oxygen atoms in total. The summed E-state index contributed by atoms with van der Waals surface area (Å²) in [6.07, 6.45) is 1.53. The predicted octanol–water partition coefficient (Wildman–Crippen LogP) is 1.85. The number of H-pyrrole nitrogens is 1. The van der Waals surface area contributed by atoms with E-state index in [9.17, 15) is 9.18 Å². The Morgan fingerprint density at radius 1 is 1.44 bits per heavy atom. The summed E-state index contributed by atoms with van der Waals surface area (Å²) >= 11 is 0. The van der Waals surface area contributed by atoms with Crippen LogP contribution in [0.1, 0.15) is 18.4 Å². The first-order valence-corrected chi connectivity index (χ1v) is 5.51. The Kier molecular flexibility index (Phi) is 2.13. The number of carbonyl (C=O) groups is 1. The van der Waals surface area contributed by atoms with Gasteiger partial charge in [-0.2, -0.15) is 5.10 Å². The molecular weight excluding hydrogens is 235 g/mol. The van der Waals surface area contributed by atoms with E-state index in [2.05, 4.69) is 15.5 Å². The van der Waals surface area contributed by atoms with E-state index in [1.807, 2.05) is 0 Å². The van der Waals surface area contributed by atoms with E-state index >= 15 is 0 Å². The van der Waals surface area contributed by atoms with E-state index in [-0.39, 0.29) is 17.5 Å². The second-order valence-corrected chi connectivity index (χ2v) is 4.33. The number of aromatic nitrogens is 2. The number of fused-ring (bicyclic) bond motifs is 1. The van der Waals surface area contributed by atoms with Gasteiger partial charge in [-0.25, -0.2) is 4.39 Å². The van der Waals surface area contributed by atoms with Crippen molar-refractivity contribution in [2.75, 3.05) is 11.1 Å². The molecule has 1 aromatic carbocycles. The lowest BCUT2D eigenvalue weighted by molar-refractivity contribution is -0.116. The molecule has 1 aliphatic rings. The second kappa shape index (κ2) is 3.56. The smallest absolute Gasteiger partial charge is 0.231 e. The van der Waals surface area contributed by atoms with Crippen molar-refractivity contribution in [3.05, 3.63) is 29.7 Å². The maximum Gasteiger partial charge on any atom is 0.231 e. The van der Waals surface area contributed by atoms with Gasteiger partial charge < -0.3 is 11.1 Å². The molecule has 0 fully saturated rings. The summed E-state index contributed by atoms with van der Waals surface area (Å²) in [5.74, 6) is -0.635. The first-order chi connectivity index (χ1) is 8.58. The van der Waals surface area contributed by atoms with Gasteiger partial charge in [-0.3, -0.25) is 9.89 Å². The first-order valence-electron chi connectivity index (χ1n) is 5.51. The minimum Gasteiger partial charge on any atom is -0.384 e. The van der Waals surface area contributed by atoms with Crippen molar-refractivity contribution >= 4 is 17.4 Å². The number of halogens is 1. The molecule has 2 heterocycles. The van der Waals surface area contributed by atoms with Crippen molar-refractivity contribution in [2.45, 2.75) is 12.8 Å². The van der Waals surface area contributed by atoms with Crippen LogP contribution in [0.3, 0.4) is 0 Å². The van der Waals surface area contributed by atoms with Gasteiger partial charge >= 0.3 is 0 Å². The Morgan fingerprint density at radius 3 is 2.89 bits per heavy atom. The number of nitrogens with zero attached hydrogens (tertiary/aromatic N) is 1. The zero-order valence-corrected chi connectivity index (χ0v) is 9.62. The van der Waals surface area contributed by atoms with Crippen molar-refractivity contribution < 1.29 is 9.18 Å². The maximum absolute atomic E-state index is 13.9. The van der Waals surface area contributed by atoms with E-state index in [0.29, 0.717) is 22.5 Å². The number of hydrogen-bond donors (Lipinski definition) is 3. The third kappa shape index (κ3) is 1.38. The van der Waals surface area contributed by atoms with Crippen LogP contribution in [-0.2, 0) is 4.79 Å². The van der Waals surface area contributed by atoms with Crippen molar-refractivity contribution in [2.24, 2.45) is 0 Å². The summed E-state index contributed by atoms with van der Waals surface area (Å²) in [6, 6.07) is 3.11. The van der Waals surface area contributed by atoms with E-state index in [1.54, 1.807) is 13.0 Å². The first kappa shape index (κ1) is 10.8. The van der Waals surface area contributed by atoms with Crippen LogP contribution in [-0.4, -0.2) is 16.1 Å². The number of nitrogens with one attached hydrogen (secondary N) is 2. The molecule has 0 bridgehead atoms. The van der Waals surface area contributed by atoms with Crippen LogP contribution in [0.25, 0.3) is 11.1 Å². The average molecular weight is 246 g/mol. The van der Waals surface area contributed by atoms with E-state index in [1.165, 1.54) is 12.3 Å². The molecule has 18 heavy (non-hydrogen) atoms. The SMILES string of the molecule is CC1C(=O)Nc2c(F)cc(-c3cn[nH]c3N)cc21. The Bertz CT molecular complexity index is 650. The number of nitrogens with two attached hydrogens (primary N) is 1. The Morgan fingerprint density at radius 2 is 2.22 bits per heavy atom. The molecule has 0 saturated heterocycles. The van der Waals surface area contributed by atoms with E-state index in [4.69, 9.17) is 5.73 Å². The fourth-order valence-corrected chi connectivity index (χ4v) is 2.16. The minimum absolute atomic E-state index is 0.193. The molecule has 3 rings (SSSR count). The molecule has 1 aliphatic heterocycles. The molecule has 0 spiro atoms. The van der Waals surface area contributed by atoms with Gasteiger partial charge in [0.15, 0.2) is 0 Å². The number of carbonyl (C=O) groups excluding carboxylic acids is 1. The van der Waals surface area contributed by atoms with Crippen LogP contribution >= 0.6 is 0 Å². The number of anilines is 2. The van der Waals surface area contributed by atoms with E-state index in [0.717, 1.165) is 0 Å². The van der Waals surface area contributed by atoms with Gasteiger partial charge in [-0.15, -0.1) is 0 Å². The molecule has 1 aromatic heterocycles. The zero-order valence-electron chi connectivity index (χ0n) is 9.62. The summed E-state index contributed by atoms with van der Waals surface area (Å²) in [5, 5.41) is 8.93. The van der Waals surface area contributed by atoms with Crippen LogP contribution in [0.15, 0.2) is 18.3 Å². The van der Waals surface area contributed by atoms with Crippen molar-refractivity contribution in [1.82, 2.24) is 10.2 Å². The maximum atomic E-state index is 13.9. The van der Waals surface area contributed by atoms with Gasteiger partial charge in [0.1, 0.15) is 11.6 Å². The highest BCUT2D eigenvalue weighted by molar-refractivity contribution is 6.03. The third-order valence-corrected chi connectivity index (χ3v) is 3.21. The number of hydrogen-bond acceptors (Lipinski definition) is 3. The third-order valence-electron chi connectivity index (χ3n) is 3.21. The summed E-state index contributed by atoms with van der Waals surface area (Å²) in [4.78, 5) is 11.5. The number of amides is 1. The molecule has 0 aliphatic carbocycles. The number of nitrogen functional groups attached to an aromatic ring is 1. The Labute approximate surface area is 102 Å². The van der Waals surface area contributed by atoms with Crippen LogP contribution in [0, 0.1) is 5.82 Å². The standard InChI is InChI=1S/C12H11FN4O/c1-5-7-2-6(8-4-15-17-11(8)14)3-9(13)10(7)16-12(5)18/h2-5H,1H3,(H,16,18)(H3,14,15,17). The van der Waals surface area contributed by atoms with Crippen molar-refractivity contribution in [1.29, 1.82) is 0 Å². The quantitative estimate of drug-likeness (QED) is 0.718. The van der Waals surface area contributed by atoms with Crippen LogP contribution in [0.4, 0.5) is 15.9 Å². The molecule has 1 amide bonds. The lowest BCUT2D eigenvalue weighted by atomic mass is 9.98. The molecular formula is C12H11FN4O. The minimum atomic E-state index is -0.458. The summed E-state index contributed by atoms with van der Waals surface area (Å²) in [5.41, 5.74) is 7.86. The van der Waals surface area contributed by atoms with Gasteiger partial charge in [0.25, 0.3) is 0 Å². The molecule has 4 N–H and O–H groups in total. The van der Waals surface area contributed by atoms with Gasteiger partial charge in [0.2, 0.25) is 5.91 Å². The topological polar surface area (TPSA) is 83.8 Å². The second-order valence-electron chi connectivity index (χ2n) is 4.33. The summed E-state index contributed by atoms with van der Waals surface area (Å²) in [7, 11) is 0. The lowest BCUT2D eigenvalue weighted by Crippen LogP contribution is -2.08. The highest BCUT2D eigenvalue weighted by Crippen LogP contribution is 2.38. The number of benzene rings is 1. The molecule has 0 saturated carbocycles. The van der Waals surface area contributed by atoms with Crippen LogP contribution < -0.4 is 11.1 Å². The fourth-order valence-electron chi connectivity index (χ4n) is 2.16. The molecule has 92 valence electrons. The molecule has 6 heteroatoms. The van der Waals surface area contributed by atoms with Gasteiger partial charge in [0, 0.05) is 5.56 Å². The molecule has 1 atom stereocenters. The van der Waals surface area contributed by atoms with Crippen molar-refractivity contribution in [3.8, 4) is 11.1 Å². The predicted molar refractivity (Wildman–Crippen MR) is 65.4 cm³/mol. The van der Waals surface area contributed by atoms with Gasteiger partial charge in [-0.05, 0) is 30.2 Å². The van der Waals surface area contributed by atoms with Crippen LogP contribution in [0.2, 0.25) is 0 Å². The summed E-state index contributed by atoms with van der Waals surface area (Å²) in [6.45, 7) is 1.74. The average Bonchev–Trinajstić information content (AvgIpc) is 2.87. The normalized spacial score (nSPS) is 17.7. The Balaban J connectivity index is 2.19. The van der Waals surface area contributed by atoms with Gasteiger partial charge in [0.05, 0.1) is 17.8 Å². The summed E-state index contributed by atoms with van der Waals surface area (Å²) < 4.78 is 13.9. The highest BCUT2D eigenvalue weighted by Gasteiger charge is 2.29. The lowest BCUT2D eigenvalue weighted by Gasteiger charge is -2.06. The van der Waals surface area contributed by atoms with Crippen LogP contribution in [0.5, 0.6) is 0 Å². The number of rotatable bonds is 1. The zero-order chi connectivity index (χ0) is 12.9. The molecule has 1 unspecified atom stereocenters. The molecule has 0 radical (unpaired) electrons. The molecule has 2 aromatic rings. The number of aromatic amines is 1. The largest absolute Gasteiger partial charge is 0.384 e. The van der Waals surface area contributed by atoms with Crippen molar-refractivity contribution in [3.63, 3.8) is 0 Å². The Hall–Kier alpha value is -2.37. The van der Waals surface area contributed by atoms with Gasteiger partial charge in [-0.1, -0.05) is 0 Å². The monoisotopic (exact) mass is 246 g/mol. The fraction of sp³-hybridized carbons (Fsp3) is 0.167. The van der Waals surface area contributed by atoms with E-state index < -0.39 is 5.82 Å².